The predicted octanol–water partition coefficient (Wildman–Crippen LogP) is 2.10. The maximum atomic E-state index is 12.5. The quantitative estimate of drug-likeness (QED) is 0.714. The average Bonchev–Trinajstić information content (AvgIpc) is 2.85. The van der Waals surface area contributed by atoms with Crippen LogP contribution in [0.5, 0.6) is 5.75 Å². The third kappa shape index (κ3) is 3.70. The van der Waals surface area contributed by atoms with E-state index in [9.17, 15) is 14.7 Å². The van der Waals surface area contributed by atoms with Crippen molar-refractivity contribution in [3.05, 3.63) is 29.8 Å². The van der Waals surface area contributed by atoms with Crippen molar-refractivity contribution in [1.29, 1.82) is 0 Å². The molecular weight excluding hydrogens is 308 g/mol. The summed E-state index contributed by atoms with van der Waals surface area (Å²) in [7, 11) is 0. The number of nitrogens with zero attached hydrogens (tertiary/aromatic N) is 1. The second-order valence-electron chi connectivity index (χ2n) is 6.10. The Morgan fingerprint density at radius 3 is 2.29 bits per heavy atom. The Kier molecular flexibility index (Phi) is 5.83. The summed E-state index contributed by atoms with van der Waals surface area (Å²) in [5.74, 6) is 0.378. The molecule has 1 heterocycles. The highest BCUT2D eigenvalue weighted by atomic mass is 16.5. The number of hydrogen-bond donors (Lipinski definition) is 2. The van der Waals surface area contributed by atoms with Crippen LogP contribution in [0.3, 0.4) is 0 Å². The van der Waals surface area contributed by atoms with Gasteiger partial charge >= 0.3 is 6.03 Å². The first-order valence-electron chi connectivity index (χ1n) is 8.49. The number of rotatable bonds is 8. The van der Waals surface area contributed by atoms with Gasteiger partial charge in [0.1, 0.15) is 24.0 Å². The molecule has 0 bridgehead atoms. The molecule has 24 heavy (non-hydrogen) atoms. The Balaban J connectivity index is 1.90. The summed E-state index contributed by atoms with van der Waals surface area (Å²) in [6.07, 6.45) is 1.07. The van der Waals surface area contributed by atoms with Crippen molar-refractivity contribution in [3.8, 4) is 5.75 Å². The molecule has 1 saturated heterocycles. The van der Waals surface area contributed by atoms with Gasteiger partial charge in [0.2, 0.25) is 0 Å². The Labute approximate surface area is 142 Å². The lowest BCUT2D eigenvalue weighted by atomic mass is 9.93. The number of benzene rings is 1. The highest BCUT2D eigenvalue weighted by Gasteiger charge is 2.48. The minimum absolute atomic E-state index is 0.0216. The monoisotopic (exact) mass is 334 g/mol. The molecule has 6 nitrogen and oxygen atoms in total. The smallest absolute Gasteiger partial charge is 0.325 e. The van der Waals surface area contributed by atoms with Gasteiger partial charge in [0.25, 0.3) is 5.91 Å². The molecule has 2 rings (SSSR count). The minimum Gasteiger partial charge on any atom is -0.491 e. The lowest BCUT2D eigenvalue weighted by Crippen LogP contribution is -2.46. The van der Waals surface area contributed by atoms with E-state index in [1.54, 1.807) is 0 Å². The van der Waals surface area contributed by atoms with Crippen LogP contribution >= 0.6 is 0 Å². The van der Waals surface area contributed by atoms with Gasteiger partial charge in [0, 0.05) is 0 Å². The minimum atomic E-state index is -0.935. The second-order valence-corrected chi connectivity index (χ2v) is 6.10. The zero-order valence-corrected chi connectivity index (χ0v) is 14.5. The molecular formula is C18H26N2O4. The van der Waals surface area contributed by atoms with Crippen LogP contribution in [0.1, 0.15) is 39.2 Å². The van der Waals surface area contributed by atoms with Crippen molar-refractivity contribution in [2.45, 2.75) is 51.7 Å². The number of hydrogen-bond acceptors (Lipinski definition) is 4. The molecule has 132 valence electrons. The van der Waals surface area contributed by atoms with Crippen molar-refractivity contribution in [3.63, 3.8) is 0 Å². The zero-order valence-electron chi connectivity index (χ0n) is 14.5. The first kappa shape index (κ1) is 18.3. The number of imide groups is 1. The highest BCUT2D eigenvalue weighted by molar-refractivity contribution is 6.07. The summed E-state index contributed by atoms with van der Waals surface area (Å²) in [6.45, 7) is 5.76. The number of carbonyl (C=O) groups is 2. The second kappa shape index (κ2) is 7.66. The standard InChI is InChI=1S/C18H26N2O4/c1-4-13-7-9-15(10-8-13)24-12-14(21)11-20-16(22)18(5-2,6-3)19-17(20)23/h7-10,14,21H,4-6,11-12H2,1-3H3,(H,19,23)/t14-/m1/s1. The normalized spacial score (nSPS) is 17.8. The molecule has 0 saturated carbocycles. The number of urea groups is 1. The molecule has 2 N–H and O–H groups in total. The molecule has 0 aliphatic carbocycles. The highest BCUT2D eigenvalue weighted by Crippen LogP contribution is 2.25. The number of nitrogens with one attached hydrogen (secondary N) is 1. The fourth-order valence-corrected chi connectivity index (χ4v) is 2.85. The molecule has 1 aromatic rings. The number of carbonyl (C=O) groups excluding carboxylic acids is 2. The maximum Gasteiger partial charge on any atom is 0.325 e. The van der Waals surface area contributed by atoms with Crippen LogP contribution in [0.2, 0.25) is 0 Å². The summed E-state index contributed by atoms with van der Waals surface area (Å²) < 4.78 is 5.53. The number of aliphatic hydroxyl groups excluding tert-OH is 1. The fraction of sp³-hybridized carbons (Fsp3) is 0.556. The third-order valence-corrected chi connectivity index (χ3v) is 4.62. The van der Waals surface area contributed by atoms with Gasteiger partial charge in [0.15, 0.2) is 0 Å². The summed E-state index contributed by atoms with van der Waals surface area (Å²) in [5, 5.41) is 12.9. The van der Waals surface area contributed by atoms with Gasteiger partial charge in [-0.05, 0) is 37.0 Å². The Morgan fingerprint density at radius 1 is 1.17 bits per heavy atom. The number of aliphatic hydroxyl groups is 1. The Morgan fingerprint density at radius 2 is 1.79 bits per heavy atom. The van der Waals surface area contributed by atoms with Crippen LogP contribution < -0.4 is 10.1 Å². The molecule has 0 aromatic heterocycles. The maximum absolute atomic E-state index is 12.5. The van der Waals surface area contributed by atoms with E-state index < -0.39 is 17.7 Å². The SMILES string of the molecule is CCc1ccc(OC[C@H](O)CN2C(=O)NC(CC)(CC)C2=O)cc1. The van der Waals surface area contributed by atoms with Gasteiger partial charge in [-0.15, -0.1) is 0 Å². The average molecular weight is 334 g/mol. The van der Waals surface area contributed by atoms with Crippen LogP contribution in [-0.2, 0) is 11.2 Å². The summed E-state index contributed by atoms with van der Waals surface area (Å²) >= 11 is 0. The number of ether oxygens (including phenoxy) is 1. The predicted molar refractivity (Wildman–Crippen MR) is 90.9 cm³/mol. The fourth-order valence-electron chi connectivity index (χ4n) is 2.85. The van der Waals surface area contributed by atoms with Gasteiger partial charge in [-0.25, -0.2) is 4.79 Å². The van der Waals surface area contributed by atoms with E-state index in [4.69, 9.17) is 4.74 Å². The first-order valence-corrected chi connectivity index (χ1v) is 8.49. The van der Waals surface area contributed by atoms with Crippen LogP contribution in [0.15, 0.2) is 24.3 Å². The van der Waals surface area contributed by atoms with Crippen LogP contribution in [0, 0.1) is 0 Å². The molecule has 1 aliphatic heterocycles. The van der Waals surface area contributed by atoms with Gasteiger partial charge in [-0.3, -0.25) is 9.69 Å². The molecule has 1 fully saturated rings. The molecule has 1 aliphatic rings. The first-order chi connectivity index (χ1) is 11.5. The van der Waals surface area contributed by atoms with Gasteiger partial charge < -0.3 is 15.2 Å². The van der Waals surface area contributed by atoms with Gasteiger partial charge in [-0.2, -0.15) is 0 Å². The van der Waals surface area contributed by atoms with E-state index in [1.165, 1.54) is 5.56 Å². The molecule has 0 radical (unpaired) electrons. The molecule has 0 spiro atoms. The van der Waals surface area contributed by atoms with E-state index in [-0.39, 0.29) is 19.1 Å². The van der Waals surface area contributed by atoms with E-state index in [0.29, 0.717) is 18.6 Å². The molecule has 1 atom stereocenters. The van der Waals surface area contributed by atoms with Crippen molar-refractivity contribution < 1.29 is 19.4 Å². The zero-order chi connectivity index (χ0) is 17.7. The van der Waals surface area contributed by atoms with Gasteiger partial charge in [0.05, 0.1) is 6.54 Å². The number of aryl methyl sites for hydroxylation is 1. The molecule has 6 heteroatoms. The van der Waals surface area contributed by atoms with Gasteiger partial charge in [-0.1, -0.05) is 32.9 Å². The largest absolute Gasteiger partial charge is 0.491 e. The third-order valence-electron chi connectivity index (χ3n) is 4.62. The summed E-state index contributed by atoms with van der Waals surface area (Å²) in [6, 6.07) is 7.18. The van der Waals surface area contributed by atoms with Crippen molar-refractivity contribution in [2.24, 2.45) is 0 Å². The molecule has 3 amide bonds. The van der Waals surface area contributed by atoms with E-state index in [1.807, 2.05) is 38.1 Å². The lowest BCUT2D eigenvalue weighted by Gasteiger charge is -2.24. The van der Waals surface area contributed by atoms with E-state index in [2.05, 4.69) is 12.2 Å². The van der Waals surface area contributed by atoms with Crippen molar-refractivity contribution >= 4 is 11.9 Å². The Hall–Kier alpha value is -2.08. The van der Waals surface area contributed by atoms with E-state index in [0.717, 1.165) is 11.3 Å². The number of amides is 3. The lowest BCUT2D eigenvalue weighted by molar-refractivity contribution is -0.132. The van der Waals surface area contributed by atoms with Crippen molar-refractivity contribution in [1.82, 2.24) is 10.2 Å². The Bertz CT molecular complexity index is 581. The molecule has 0 unspecified atom stereocenters. The molecule has 1 aromatic carbocycles. The van der Waals surface area contributed by atoms with Crippen molar-refractivity contribution in [2.75, 3.05) is 13.2 Å². The van der Waals surface area contributed by atoms with Crippen LogP contribution in [-0.4, -0.2) is 46.7 Å². The topological polar surface area (TPSA) is 78.9 Å². The summed E-state index contributed by atoms with van der Waals surface area (Å²) in [4.78, 5) is 25.6. The number of β-amino-alcohol motifs (C(OH)–C–C–N with tert-alkyl or cyclic N) is 1. The summed E-state index contributed by atoms with van der Waals surface area (Å²) in [5.41, 5.74) is 0.367. The van der Waals surface area contributed by atoms with Crippen LogP contribution in [0.4, 0.5) is 4.79 Å². The van der Waals surface area contributed by atoms with E-state index >= 15 is 0 Å². The van der Waals surface area contributed by atoms with Crippen LogP contribution in [0.25, 0.3) is 0 Å².